The molecule has 0 aromatic carbocycles. The highest BCUT2D eigenvalue weighted by Gasteiger charge is 2.21. The lowest BCUT2D eigenvalue weighted by atomic mass is 9.87. The van der Waals surface area contributed by atoms with E-state index in [1.165, 1.54) is 24.2 Å². The molecule has 1 aliphatic rings. The van der Waals surface area contributed by atoms with Crippen LogP contribution < -0.4 is 11.1 Å². The van der Waals surface area contributed by atoms with Crippen LogP contribution in [0.4, 0.5) is 0 Å². The van der Waals surface area contributed by atoms with Gasteiger partial charge >= 0.3 is 0 Å². The van der Waals surface area contributed by atoms with Gasteiger partial charge in [-0.3, -0.25) is 4.79 Å². The van der Waals surface area contributed by atoms with Crippen molar-refractivity contribution in [3.05, 3.63) is 16.1 Å². The minimum Gasteiger partial charge on any atom is -0.348 e. The Morgan fingerprint density at radius 1 is 1.53 bits per heavy atom. The Hall–Kier alpha value is -0.940. The second-order valence-electron chi connectivity index (χ2n) is 4.76. The van der Waals surface area contributed by atoms with E-state index in [2.05, 4.69) is 17.2 Å². The van der Waals surface area contributed by atoms with E-state index in [0.29, 0.717) is 18.3 Å². The second-order valence-corrected chi connectivity index (χ2v) is 5.70. The molecule has 1 heterocycles. The maximum atomic E-state index is 11.9. The molecule has 0 bridgehead atoms. The first-order valence-electron chi connectivity index (χ1n) is 6.14. The quantitative estimate of drug-likeness (QED) is 0.864. The Balaban J connectivity index is 1.88. The van der Waals surface area contributed by atoms with E-state index in [0.717, 1.165) is 23.8 Å². The second kappa shape index (κ2) is 5.60. The number of aromatic nitrogens is 1. The molecule has 1 saturated carbocycles. The zero-order valence-corrected chi connectivity index (χ0v) is 10.9. The minimum absolute atomic E-state index is 0.0551. The number of rotatable bonds is 3. The third kappa shape index (κ3) is 3.26. The van der Waals surface area contributed by atoms with Gasteiger partial charge in [-0.05, 0) is 31.6 Å². The molecular weight excluding hydrogens is 234 g/mol. The summed E-state index contributed by atoms with van der Waals surface area (Å²) in [5.41, 5.74) is 5.99. The maximum absolute atomic E-state index is 11.9. The molecule has 1 aromatic rings. The highest BCUT2D eigenvalue weighted by Crippen LogP contribution is 2.23. The van der Waals surface area contributed by atoms with Gasteiger partial charge in [0.25, 0.3) is 5.91 Å². The SMILES string of the molecule is CC1CCC(NC(=O)c2csc(CN)n2)CC1. The molecule has 94 valence electrons. The number of nitrogens with one attached hydrogen (secondary N) is 1. The molecular formula is C12H19N3OS. The number of hydrogen-bond donors (Lipinski definition) is 2. The summed E-state index contributed by atoms with van der Waals surface area (Å²) in [4.78, 5) is 16.1. The fourth-order valence-electron chi connectivity index (χ4n) is 2.17. The highest BCUT2D eigenvalue weighted by molar-refractivity contribution is 7.09. The number of nitrogens with two attached hydrogens (primary N) is 1. The summed E-state index contributed by atoms with van der Waals surface area (Å²) < 4.78 is 0. The Bertz CT molecular complexity index is 383. The number of carbonyl (C=O) groups is 1. The summed E-state index contributed by atoms with van der Waals surface area (Å²) in [6, 6.07) is 0.321. The van der Waals surface area contributed by atoms with Crippen molar-refractivity contribution in [2.24, 2.45) is 11.7 Å². The van der Waals surface area contributed by atoms with Crippen molar-refractivity contribution in [1.29, 1.82) is 0 Å². The molecule has 0 aliphatic heterocycles. The van der Waals surface area contributed by atoms with Crippen molar-refractivity contribution >= 4 is 17.2 Å². The Morgan fingerprint density at radius 3 is 2.82 bits per heavy atom. The summed E-state index contributed by atoms with van der Waals surface area (Å²) in [7, 11) is 0. The van der Waals surface area contributed by atoms with Crippen LogP contribution >= 0.6 is 11.3 Å². The molecule has 1 aliphatic carbocycles. The van der Waals surface area contributed by atoms with Gasteiger partial charge in [0.1, 0.15) is 10.7 Å². The van der Waals surface area contributed by atoms with Gasteiger partial charge in [0.05, 0.1) is 0 Å². The molecule has 0 radical (unpaired) electrons. The molecule has 5 heteroatoms. The molecule has 1 amide bonds. The van der Waals surface area contributed by atoms with Crippen molar-refractivity contribution in [2.45, 2.75) is 45.2 Å². The molecule has 1 fully saturated rings. The van der Waals surface area contributed by atoms with Gasteiger partial charge in [-0.15, -0.1) is 11.3 Å². The predicted octanol–water partition coefficient (Wildman–Crippen LogP) is 1.91. The van der Waals surface area contributed by atoms with Gasteiger partial charge in [-0.1, -0.05) is 6.92 Å². The van der Waals surface area contributed by atoms with Gasteiger partial charge in [0.2, 0.25) is 0 Å². The first-order valence-corrected chi connectivity index (χ1v) is 7.02. The molecule has 4 nitrogen and oxygen atoms in total. The van der Waals surface area contributed by atoms with Gasteiger partial charge < -0.3 is 11.1 Å². The van der Waals surface area contributed by atoms with Crippen LogP contribution in [0.15, 0.2) is 5.38 Å². The third-order valence-electron chi connectivity index (χ3n) is 3.31. The van der Waals surface area contributed by atoms with Crippen LogP contribution in [0, 0.1) is 5.92 Å². The third-order valence-corrected chi connectivity index (χ3v) is 4.18. The number of nitrogens with zero attached hydrogens (tertiary/aromatic N) is 1. The van der Waals surface area contributed by atoms with Crippen molar-refractivity contribution < 1.29 is 4.79 Å². The fraction of sp³-hybridized carbons (Fsp3) is 0.667. The predicted molar refractivity (Wildman–Crippen MR) is 68.9 cm³/mol. The lowest BCUT2D eigenvalue weighted by Gasteiger charge is -2.26. The largest absolute Gasteiger partial charge is 0.348 e. The first kappa shape index (κ1) is 12.5. The van der Waals surface area contributed by atoms with Crippen LogP contribution in [-0.2, 0) is 6.54 Å². The van der Waals surface area contributed by atoms with E-state index >= 15 is 0 Å². The summed E-state index contributed by atoms with van der Waals surface area (Å²) in [5.74, 6) is 0.742. The lowest BCUT2D eigenvalue weighted by Crippen LogP contribution is -2.37. The molecule has 2 rings (SSSR count). The van der Waals surface area contributed by atoms with E-state index in [4.69, 9.17) is 5.73 Å². The number of amides is 1. The highest BCUT2D eigenvalue weighted by atomic mass is 32.1. The van der Waals surface area contributed by atoms with Crippen LogP contribution in [0.3, 0.4) is 0 Å². The van der Waals surface area contributed by atoms with Crippen LogP contribution in [0.1, 0.15) is 48.1 Å². The minimum atomic E-state index is -0.0551. The van der Waals surface area contributed by atoms with Crippen molar-refractivity contribution in [3.8, 4) is 0 Å². The number of carbonyl (C=O) groups excluding carboxylic acids is 1. The lowest BCUT2D eigenvalue weighted by molar-refractivity contribution is 0.0918. The topological polar surface area (TPSA) is 68.0 Å². The summed E-state index contributed by atoms with van der Waals surface area (Å²) in [6.45, 7) is 2.67. The Labute approximate surface area is 106 Å². The zero-order chi connectivity index (χ0) is 12.3. The average molecular weight is 253 g/mol. The molecule has 17 heavy (non-hydrogen) atoms. The molecule has 0 unspecified atom stereocenters. The van der Waals surface area contributed by atoms with Crippen LogP contribution in [0.5, 0.6) is 0 Å². The van der Waals surface area contributed by atoms with Gasteiger partial charge in [0.15, 0.2) is 0 Å². The summed E-state index contributed by atoms with van der Waals surface area (Å²) in [6.07, 6.45) is 4.58. The average Bonchev–Trinajstić information content (AvgIpc) is 2.81. The van der Waals surface area contributed by atoms with E-state index in [1.807, 2.05) is 0 Å². The van der Waals surface area contributed by atoms with Gasteiger partial charge in [-0.25, -0.2) is 4.98 Å². The number of hydrogen-bond acceptors (Lipinski definition) is 4. The van der Waals surface area contributed by atoms with Crippen LogP contribution in [0.25, 0.3) is 0 Å². The molecule has 1 aromatic heterocycles. The Morgan fingerprint density at radius 2 is 2.24 bits per heavy atom. The fourth-order valence-corrected chi connectivity index (χ4v) is 2.83. The standard InChI is InChI=1S/C12H19N3OS/c1-8-2-4-9(5-3-8)14-12(16)10-7-17-11(6-13)15-10/h7-9H,2-6,13H2,1H3,(H,14,16). The summed E-state index contributed by atoms with van der Waals surface area (Å²) >= 11 is 1.44. The van der Waals surface area contributed by atoms with E-state index in [9.17, 15) is 4.79 Å². The van der Waals surface area contributed by atoms with Crippen molar-refractivity contribution in [1.82, 2.24) is 10.3 Å². The van der Waals surface area contributed by atoms with E-state index < -0.39 is 0 Å². The van der Waals surface area contributed by atoms with E-state index in [1.54, 1.807) is 5.38 Å². The first-order chi connectivity index (χ1) is 8.19. The molecule has 0 spiro atoms. The van der Waals surface area contributed by atoms with Crippen LogP contribution in [-0.4, -0.2) is 16.9 Å². The summed E-state index contributed by atoms with van der Waals surface area (Å²) in [5, 5.41) is 5.65. The van der Waals surface area contributed by atoms with E-state index in [-0.39, 0.29) is 5.91 Å². The normalized spacial score (nSPS) is 24.6. The smallest absolute Gasteiger partial charge is 0.270 e. The van der Waals surface area contributed by atoms with Crippen LogP contribution in [0.2, 0.25) is 0 Å². The monoisotopic (exact) mass is 253 g/mol. The van der Waals surface area contributed by atoms with Crippen molar-refractivity contribution in [2.75, 3.05) is 0 Å². The van der Waals surface area contributed by atoms with Gasteiger partial charge in [-0.2, -0.15) is 0 Å². The Kier molecular flexibility index (Phi) is 4.12. The van der Waals surface area contributed by atoms with Gasteiger partial charge in [0, 0.05) is 18.0 Å². The molecule has 0 saturated heterocycles. The zero-order valence-electron chi connectivity index (χ0n) is 10.1. The van der Waals surface area contributed by atoms with Crippen molar-refractivity contribution in [3.63, 3.8) is 0 Å². The molecule has 3 N–H and O–H groups in total. The maximum Gasteiger partial charge on any atom is 0.270 e. The number of thiazole rings is 1. The molecule has 0 atom stereocenters.